The first-order valence-corrected chi connectivity index (χ1v) is 8.08. The summed E-state index contributed by atoms with van der Waals surface area (Å²) in [4.78, 5) is 0. The highest BCUT2D eigenvalue weighted by Crippen LogP contribution is 2.20. The van der Waals surface area contributed by atoms with Crippen LogP contribution in [0.5, 0.6) is 0 Å². The summed E-state index contributed by atoms with van der Waals surface area (Å²) in [6.45, 7) is 12.4. The highest BCUT2D eigenvalue weighted by molar-refractivity contribution is 9.10. The van der Waals surface area contributed by atoms with Crippen LogP contribution >= 0.6 is 15.9 Å². The molecule has 21 heavy (non-hydrogen) atoms. The molecule has 0 aliphatic rings. The van der Waals surface area contributed by atoms with Gasteiger partial charge in [-0.15, -0.1) is 0 Å². The molecule has 0 aliphatic heterocycles. The van der Waals surface area contributed by atoms with Crippen molar-refractivity contribution in [2.24, 2.45) is 0 Å². The number of hydrogen-bond donors (Lipinski definition) is 1. The smallest absolute Gasteiger partial charge is 0.0738 e. The number of hydrogen-bond acceptors (Lipinski definition) is 2. The van der Waals surface area contributed by atoms with E-state index >= 15 is 0 Å². The van der Waals surface area contributed by atoms with Crippen molar-refractivity contribution in [3.8, 4) is 0 Å². The minimum atomic E-state index is 0.135. The third-order valence-corrected chi connectivity index (χ3v) is 4.59. The lowest BCUT2D eigenvalue weighted by molar-refractivity contribution is 0.424. The summed E-state index contributed by atoms with van der Waals surface area (Å²) in [7, 11) is 0. The molecule has 0 amide bonds. The van der Waals surface area contributed by atoms with Crippen molar-refractivity contribution in [1.29, 1.82) is 0 Å². The molecule has 3 nitrogen and oxygen atoms in total. The van der Waals surface area contributed by atoms with Crippen molar-refractivity contribution >= 4 is 15.9 Å². The Kier molecular flexibility index (Phi) is 4.89. The molecule has 0 fully saturated rings. The first-order chi connectivity index (χ1) is 9.76. The van der Waals surface area contributed by atoms with Gasteiger partial charge in [0.25, 0.3) is 0 Å². The van der Waals surface area contributed by atoms with E-state index in [2.05, 4.69) is 83.0 Å². The highest BCUT2D eigenvalue weighted by atomic mass is 79.9. The minimum absolute atomic E-state index is 0.135. The molecule has 0 atom stereocenters. The van der Waals surface area contributed by atoms with Crippen LogP contribution in [0, 0.1) is 13.8 Å². The molecule has 0 aliphatic carbocycles. The molecule has 0 saturated carbocycles. The molecule has 1 aromatic carbocycles. The standard InChI is InChI=1S/C17H24BrN3/c1-12-16(18)13(2)21(20-12)11-15-8-6-7-14(9-15)10-19-17(3,4)5/h6-9,19H,10-11H2,1-5H3. The molecule has 114 valence electrons. The van der Waals surface area contributed by atoms with Gasteiger partial charge in [0, 0.05) is 12.1 Å². The fraction of sp³-hybridized carbons (Fsp3) is 0.471. The average Bonchev–Trinajstić information content (AvgIpc) is 2.64. The molecule has 0 unspecified atom stereocenters. The van der Waals surface area contributed by atoms with E-state index in [4.69, 9.17) is 0 Å². The van der Waals surface area contributed by atoms with Crippen LogP contribution in [0.25, 0.3) is 0 Å². The average molecular weight is 350 g/mol. The van der Waals surface area contributed by atoms with E-state index in [1.165, 1.54) is 16.8 Å². The molecule has 0 radical (unpaired) electrons. The van der Waals surface area contributed by atoms with Gasteiger partial charge in [0.1, 0.15) is 0 Å². The zero-order chi connectivity index (χ0) is 15.6. The fourth-order valence-electron chi connectivity index (χ4n) is 2.21. The normalized spacial score (nSPS) is 11.9. The Morgan fingerprint density at radius 3 is 2.43 bits per heavy atom. The Balaban J connectivity index is 2.12. The third-order valence-electron chi connectivity index (χ3n) is 3.44. The van der Waals surface area contributed by atoms with E-state index in [1.807, 2.05) is 6.92 Å². The van der Waals surface area contributed by atoms with Gasteiger partial charge < -0.3 is 5.32 Å². The van der Waals surface area contributed by atoms with Gasteiger partial charge in [0.15, 0.2) is 0 Å². The number of nitrogens with one attached hydrogen (secondary N) is 1. The van der Waals surface area contributed by atoms with Crippen LogP contribution in [0.4, 0.5) is 0 Å². The summed E-state index contributed by atoms with van der Waals surface area (Å²) in [5.74, 6) is 0. The van der Waals surface area contributed by atoms with Crippen LogP contribution in [-0.4, -0.2) is 15.3 Å². The van der Waals surface area contributed by atoms with Crippen molar-refractivity contribution in [3.05, 3.63) is 51.3 Å². The third kappa shape index (κ3) is 4.42. The second-order valence-corrected chi connectivity index (χ2v) is 7.36. The number of halogens is 1. The van der Waals surface area contributed by atoms with Crippen LogP contribution in [-0.2, 0) is 13.1 Å². The van der Waals surface area contributed by atoms with Crippen LogP contribution in [0.2, 0.25) is 0 Å². The van der Waals surface area contributed by atoms with Gasteiger partial charge in [-0.2, -0.15) is 5.10 Å². The highest BCUT2D eigenvalue weighted by Gasteiger charge is 2.10. The first kappa shape index (κ1) is 16.2. The van der Waals surface area contributed by atoms with Gasteiger partial charge in [-0.1, -0.05) is 24.3 Å². The lowest BCUT2D eigenvalue weighted by Crippen LogP contribution is -2.35. The first-order valence-electron chi connectivity index (χ1n) is 7.28. The number of nitrogens with zero attached hydrogens (tertiary/aromatic N) is 2. The molecule has 2 rings (SSSR count). The SMILES string of the molecule is Cc1nn(Cc2cccc(CNC(C)(C)C)c2)c(C)c1Br. The maximum absolute atomic E-state index is 4.57. The Labute approximate surface area is 135 Å². The monoisotopic (exact) mass is 349 g/mol. The van der Waals surface area contributed by atoms with Gasteiger partial charge in [-0.3, -0.25) is 4.68 Å². The van der Waals surface area contributed by atoms with Gasteiger partial charge >= 0.3 is 0 Å². The summed E-state index contributed by atoms with van der Waals surface area (Å²) in [5.41, 5.74) is 4.93. The molecular formula is C17H24BrN3. The summed E-state index contributed by atoms with van der Waals surface area (Å²) < 4.78 is 3.16. The van der Waals surface area contributed by atoms with E-state index in [-0.39, 0.29) is 5.54 Å². The van der Waals surface area contributed by atoms with Gasteiger partial charge in [0.2, 0.25) is 0 Å². The fourth-order valence-corrected chi connectivity index (χ4v) is 2.49. The van der Waals surface area contributed by atoms with E-state index < -0.39 is 0 Å². The van der Waals surface area contributed by atoms with Gasteiger partial charge in [0.05, 0.1) is 22.4 Å². The predicted octanol–water partition coefficient (Wildman–Crippen LogP) is 4.20. The van der Waals surface area contributed by atoms with Crippen molar-refractivity contribution < 1.29 is 0 Å². The molecule has 0 spiro atoms. The second-order valence-electron chi connectivity index (χ2n) is 6.57. The van der Waals surface area contributed by atoms with Crippen LogP contribution in [0.3, 0.4) is 0 Å². The zero-order valence-corrected chi connectivity index (χ0v) is 15.1. The summed E-state index contributed by atoms with van der Waals surface area (Å²) in [6, 6.07) is 8.70. The number of benzene rings is 1. The topological polar surface area (TPSA) is 29.9 Å². The molecule has 1 N–H and O–H groups in total. The molecule has 4 heteroatoms. The maximum Gasteiger partial charge on any atom is 0.0738 e. The van der Waals surface area contributed by atoms with Crippen LogP contribution in [0.1, 0.15) is 43.3 Å². The molecule has 0 bridgehead atoms. The van der Waals surface area contributed by atoms with Crippen molar-refractivity contribution in [3.63, 3.8) is 0 Å². The number of rotatable bonds is 4. The summed E-state index contributed by atoms with van der Waals surface area (Å²) in [5, 5.41) is 8.10. The Morgan fingerprint density at radius 1 is 1.19 bits per heavy atom. The molecule has 1 heterocycles. The Hall–Kier alpha value is -1.13. The largest absolute Gasteiger partial charge is 0.308 e. The van der Waals surface area contributed by atoms with Crippen LogP contribution in [0.15, 0.2) is 28.7 Å². The van der Waals surface area contributed by atoms with Gasteiger partial charge in [-0.05, 0) is 61.7 Å². The molecule has 2 aromatic rings. The Bertz CT molecular complexity index is 623. The number of aryl methyl sites for hydroxylation is 1. The lowest BCUT2D eigenvalue weighted by Gasteiger charge is -2.20. The summed E-state index contributed by atoms with van der Waals surface area (Å²) >= 11 is 3.58. The van der Waals surface area contributed by atoms with E-state index in [9.17, 15) is 0 Å². The second kappa shape index (κ2) is 6.32. The van der Waals surface area contributed by atoms with Crippen molar-refractivity contribution in [1.82, 2.24) is 15.1 Å². The van der Waals surface area contributed by atoms with E-state index in [0.29, 0.717) is 0 Å². The van der Waals surface area contributed by atoms with E-state index in [1.54, 1.807) is 0 Å². The zero-order valence-electron chi connectivity index (χ0n) is 13.5. The number of aromatic nitrogens is 2. The van der Waals surface area contributed by atoms with Crippen molar-refractivity contribution in [2.45, 2.75) is 53.2 Å². The predicted molar refractivity (Wildman–Crippen MR) is 91.5 cm³/mol. The lowest BCUT2D eigenvalue weighted by atomic mass is 10.1. The van der Waals surface area contributed by atoms with Gasteiger partial charge in [-0.25, -0.2) is 0 Å². The van der Waals surface area contributed by atoms with E-state index in [0.717, 1.165) is 23.3 Å². The minimum Gasteiger partial charge on any atom is -0.308 e. The van der Waals surface area contributed by atoms with Crippen molar-refractivity contribution in [2.75, 3.05) is 0 Å². The Morgan fingerprint density at radius 2 is 1.86 bits per heavy atom. The van der Waals surface area contributed by atoms with Crippen LogP contribution < -0.4 is 5.32 Å². The maximum atomic E-state index is 4.57. The molecule has 0 saturated heterocycles. The molecule has 1 aromatic heterocycles. The quantitative estimate of drug-likeness (QED) is 0.896. The molecular weight excluding hydrogens is 326 g/mol. The summed E-state index contributed by atoms with van der Waals surface area (Å²) in [6.07, 6.45) is 0.